The van der Waals surface area contributed by atoms with Crippen LogP contribution in [0.15, 0.2) is 0 Å². The zero-order valence-corrected chi connectivity index (χ0v) is 12.1. The first-order valence-electron chi connectivity index (χ1n) is 7.26. The summed E-state index contributed by atoms with van der Waals surface area (Å²) in [6, 6.07) is 0.160. The van der Waals surface area contributed by atoms with Crippen molar-refractivity contribution in [3.05, 3.63) is 0 Å². The highest BCUT2D eigenvalue weighted by Crippen LogP contribution is 2.28. The summed E-state index contributed by atoms with van der Waals surface area (Å²) in [4.78, 5) is 0. The van der Waals surface area contributed by atoms with E-state index in [1.54, 1.807) is 0 Å². The molecule has 0 radical (unpaired) electrons. The molecule has 3 unspecified atom stereocenters. The van der Waals surface area contributed by atoms with Crippen LogP contribution in [0.4, 0.5) is 0 Å². The van der Waals surface area contributed by atoms with Gasteiger partial charge >= 0.3 is 0 Å². The summed E-state index contributed by atoms with van der Waals surface area (Å²) in [6.07, 6.45) is 6.98. The molecule has 1 heterocycles. The minimum absolute atomic E-state index is 0.160. The molecular formula is C13H26N2O2S. The summed E-state index contributed by atoms with van der Waals surface area (Å²) in [6.45, 7) is 3.86. The van der Waals surface area contributed by atoms with Gasteiger partial charge in [0.05, 0.1) is 5.75 Å². The Hall–Kier alpha value is -0.130. The Bertz CT molecular complexity index is 350. The van der Waals surface area contributed by atoms with E-state index in [0.29, 0.717) is 12.5 Å². The van der Waals surface area contributed by atoms with E-state index < -0.39 is 10.0 Å². The smallest absolute Gasteiger partial charge is 0.213 e. The summed E-state index contributed by atoms with van der Waals surface area (Å²) in [5.74, 6) is 1.54. The molecule has 1 saturated heterocycles. The Morgan fingerprint density at radius 1 is 1.22 bits per heavy atom. The molecule has 1 aliphatic heterocycles. The number of sulfonamides is 1. The molecule has 0 amide bonds. The summed E-state index contributed by atoms with van der Waals surface area (Å²) >= 11 is 0. The fraction of sp³-hybridized carbons (Fsp3) is 1.00. The molecule has 1 saturated carbocycles. The normalized spacial score (nSPS) is 33.7. The van der Waals surface area contributed by atoms with Crippen LogP contribution in [0.2, 0.25) is 0 Å². The minimum atomic E-state index is -3.09. The highest BCUT2D eigenvalue weighted by molar-refractivity contribution is 7.89. The molecule has 2 rings (SSSR count). The van der Waals surface area contributed by atoms with Crippen molar-refractivity contribution in [1.82, 2.24) is 10.0 Å². The second-order valence-electron chi connectivity index (χ2n) is 6.06. The van der Waals surface area contributed by atoms with Gasteiger partial charge in [0.25, 0.3) is 0 Å². The first-order chi connectivity index (χ1) is 8.55. The van der Waals surface area contributed by atoms with Crippen LogP contribution in [-0.2, 0) is 10.0 Å². The van der Waals surface area contributed by atoms with E-state index in [1.807, 2.05) is 0 Å². The molecule has 0 aromatic carbocycles. The van der Waals surface area contributed by atoms with Crippen LogP contribution in [0.3, 0.4) is 0 Å². The van der Waals surface area contributed by atoms with Crippen LogP contribution >= 0.6 is 0 Å². The van der Waals surface area contributed by atoms with Gasteiger partial charge in [0.2, 0.25) is 10.0 Å². The lowest BCUT2D eigenvalue weighted by atomic mass is 9.83. The fourth-order valence-corrected chi connectivity index (χ4v) is 4.63. The summed E-state index contributed by atoms with van der Waals surface area (Å²) < 4.78 is 26.7. The molecule has 0 aromatic heterocycles. The lowest BCUT2D eigenvalue weighted by molar-refractivity contribution is 0.283. The average Bonchev–Trinajstić information content (AvgIpc) is 2.79. The van der Waals surface area contributed by atoms with Crippen LogP contribution in [0.25, 0.3) is 0 Å². The van der Waals surface area contributed by atoms with Gasteiger partial charge in [0, 0.05) is 12.6 Å². The van der Waals surface area contributed by atoms with Gasteiger partial charge in [-0.15, -0.1) is 0 Å². The van der Waals surface area contributed by atoms with Crippen molar-refractivity contribution in [3.63, 3.8) is 0 Å². The van der Waals surface area contributed by atoms with E-state index in [2.05, 4.69) is 17.0 Å². The van der Waals surface area contributed by atoms with E-state index in [1.165, 1.54) is 25.7 Å². The number of nitrogens with one attached hydrogen (secondary N) is 2. The molecule has 2 fully saturated rings. The van der Waals surface area contributed by atoms with E-state index in [0.717, 1.165) is 25.3 Å². The van der Waals surface area contributed by atoms with Crippen LogP contribution in [-0.4, -0.2) is 33.3 Å². The maximum Gasteiger partial charge on any atom is 0.213 e. The van der Waals surface area contributed by atoms with Gasteiger partial charge in [-0.05, 0) is 44.1 Å². The zero-order chi connectivity index (χ0) is 13.0. The van der Waals surface area contributed by atoms with Crippen molar-refractivity contribution in [2.24, 2.45) is 11.8 Å². The van der Waals surface area contributed by atoms with Crippen molar-refractivity contribution >= 4 is 10.0 Å². The first kappa shape index (κ1) is 14.3. The van der Waals surface area contributed by atoms with E-state index in [-0.39, 0.29) is 11.8 Å². The third kappa shape index (κ3) is 4.52. The topological polar surface area (TPSA) is 58.2 Å². The summed E-state index contributed by atoms with van der Waals surface area (Å²) in [5, 5.41) is 3.24. The number of hydrogen-bond donors (Lipinski definition) is 2. The summed E-state index contributed by atoms with van der Waals surface area (Å²) in [5.41, 5.74) is 0. The molecular weight excluding hydrogens is 248 g/mol. The van der Waals surface area contributed by atoms with Crippen LogP contribution < -0.4 is 10.0 Å². The molecule has 3 atom stereocenters. The Balaban J connectivity index is 1.73. The molecule has 2 N–H and O–H groups in total. The average molecular weight is 274 g/mol. The molecule has 18 heavy (non-hydrogen) atoms. The van der Waals surface area contributed by atoms with Gasteiger partial charge in [0.1, 0.15) is 0 Å². The van der Waals surface area contributed by atoms with Crippen LogP contribution in [0, 0.1) is 11.8 Å². The second-order valence-corrected chi connectivity index (χ2v) is 7.91. The van der Waals surface area contributed by atoms with E-state index in [4.69, 9.17) is 0 Å². The molecule has 2 aliphatic rings. The van der Waals surface area contributed by atoms with Gasteiger partial charge < -0.3 is 5.32 Å². The van der Waals surface area contributed by atoms with E-state index >= 15 is 0 Å². The van der Waals surface area contributed by atoms with Crippen molar-refractivity contribution in [1.29, 1.82) is 0 Å². The van der Waals surface area contributed by atoms with Gasteiger partial charge in [-0.25, -0.2) is 13.1 Å². The highest BCUT2D eigenvalue weighted by Gasteiger charge is 2.24. The standard InChI is InChI=1S/C13H26N2O2S/c1-11-4-2-5-12(8-11)9-15-18(16,17)10-13-6-3-7-14-13/h11-15H,2-10H2,1H3. The lowest BCUT2D eigenvalue weighted by Crippen LogP contribution is -2.39. The highest BCUT2D eigenvalue weighted by atomic mass is 32.2. The third-order valence-corrected chi connectivity index (χ3v) is 5.67. The fourth-order valence-electron chi connectivity index (χ4n) is 3.21. The zero-order valence-electron chi connectivity index (χ0n) is 11.3. The van der Waals surface area contributed by atoms with Gasteiger partial charge in [-0.1, -0.05) is 19.8 Å². The lowest BCUT2D eigenvalue weighted by Gasteiger charge is -2.26. The Labute approximate surface area is 111 Å². The molecule has 5 heteroatoms. The molecule has 0 spiro atoms. The Morgan fingerprint density at radius 3 is 2.72 bits per heavy atom. The number of hydrogen-bond acceptors (Lipinski definition) is 3. The Morgan fingerprint density at radius 2 is 2.06 bits per heavy atom. The predicted molar refractivity (Wildman–Crippen MR) is 73.9 cm³/mol. The molecule has 0 bridgehead atoms. The largest absolute Gasteiger partial charge is 0.313 e. The van der Waals surface area contributed by atoms with Crippen LogP contribution in [0.1, 0.15) is 45.4 Å². The molecule has 106 valence electrons. The van der Waals surface area contributed by atoms with Crippen molar-refractivity contribution < 1.29 is 8.42 Å². The first-order valence-corrected chi connectivity index (χ1v) is 8.91. The van der Waals surface area contributed by atoms with Crippen molar-refractivity contribution in [2.45, 2.75) is 51.5 Å². The second kappa shape index (κ2) is 6.35. The maximum absolute atomic E-state index is 12.0. The van der Waals surface area contributed by atoms with Gasteiger partial charge in [-0.3, -0.25) is 0 Å². The summed E-state index contributed by atoms with van der Waals surface area (Å²) in [7, 11) is -3.09. The SMILES string of the molecule is CC1CCCC(CNS(=O)(=O)CC2CCCN2)C1. The Kier molecular flexibility index (Phi) is 5.04. The predicted octanol–water partition coefficient (Wildman–Crippen LogP) is 1.48. The van der Waals surface area contributed by atoms with Gasteiger partial charge in [-0.2, -0.15) is 0 Å². The third-order valence-electron chi connectivity index (χ3n) is 4.22. The quantitative estimate of drug-likeness (QED) is 0.798. The van der Waals surface area contributed by atoms with Crippen molar-refractivity contribution in [2.75, 3.05) is 18.8 Å². The maximum atomic E-state index is 12.0. The monoisotopic (exact) mass is 274 g/mol. The molecule has 0 aromatic rings. The minimum Gasteiger partial charge on any atom is -0.313 e. The van der Waals surface area contributed by atoms with Crippen molar-refractivity contribution in [3.8, 4) is 0 Å². The van der Waals surface area contributed by atoms with Gasteiger partial charge in [0.15, 0.2) is 0 Å². The molecule has 4 nitrogen and oxygen atoms in total. The van der Waals surface area contributed by atoms with Crippen LogP contribution in [0.5, 0.6) is 0 Å². The number of rotatable bonds is 5. The van der Waals surface area contributed by atoms with E-state index in [9.17, 15) is 8.42 Å². The molecule has 1 aliphatic carbocycles.